The van der Waals surface area contributed by atoms with Crippen molar-refractivity contribution >= 4 is 52.6 Å². The molecule has 1 saturated heterocycles. The number of ether oxygens (including phenoxy) is 1. The summed E-state index contributed by atoms with van der Waals surface area (Å²) in [7, 11) is 0. The van der Waals surface area contributed by atoms with E-state index < -0.39 is 17.3 Å². The number of benzene rings is 4. The molecule has 0 spiro atoms. The van der Waals surface area contributed by atoms with Gasteiger partial charge in [0, 0.05) is 12.1 Å². The van der Waals surface area contributed by atoms with Gasteiger partial charge in [0.25, 0.3) is 0 Å². The number of para-hydroxylation sites is 2. The van der Waals surface area contributed by atoms with Crippen LogP contribution in [0.25, 0.3) is 0 Å². The van der Waals surface area contributed by atoms with Crippen LogP contribution in [0.2, 0.25) is 10.0 Å². The van der Waals surface area contributed by atoms with E-state index in [2.05, 4.69) is 24.3 Å². The minimum Gasteiger partial charge on any atom is -0.492 e. The number of aliphatic imine (C=N–C) groups is 1. The summed E-state index contributed by atoms with van der Waals surface area (Å²) in [4.78, 5) is 35.2. The molecule has 2 atom stereocenters. The Morgan fingerprint density at radius 2 is 1.50 bits per heavy atom. The molecule has 7 heteroatoms. The van der Waals surface area contributed by atoms with Gasteiger partial charge in [0.15, 0.2) is 0 Å². The van der Waals surface area contributed by atoms with Gasteiger partial charge < -0.3 is 4.74 Å². The average molecular weight is 567 g/mol. The molecule has 0 radical (unpaired) electrons. The first-order chi connectivity index (χ1) is 19.5. The number of nitrogens with zero attached hydrogens (tertiary/aromatic N) is 2. The first-order valence-corrected chi connectivity index (χ1v) is 14.0. The molecule has 2 unspecified atom stereocenters. The maximum absolute atomic E-state index is 14.6. The fraction of sp³-hybridized carbons (Fsp3) is 0.182. The topological polar surface area (TPSA) is 59.0 Å². The van der Waals surface area contributed by atoms with Crippen LogP contribution < -0.4 is 9.64 Å². The Morgan fingerprint density at radius 3 is 2.20 bits per heavy atom. The Balaban J connectivity index is 1.50. The van der Waals surface area contributed by atoms with Crippen LogP contribution in [0.3, 0.4) is 0 Å². The molecular weight excluding hydrogens is 543 g/mol. The SMILES string of the molecule is CCOc1ccccc1N1C(=O)C2C3c4ccccc4C(C=Nc4cccc(Cl)c4Cl)(c4ccccc43)C2C1=O. The van der Waals surface area contributed by atoms with Crippen molar-refractivity contribution in [3.05, 3.63) is 123 Å². The molecule has 1 heterocycles. The fourth-order valence-electron chi connectivity index (χ4n) is 6.97. The van der Waals surface area contributed by atoms with E-state index >= 15 is 0 Å². The standard InChI is InChI=1S/C33H24Cl2N2O3/c1-2-40-26-17-8-7-16-25(26)37-31(38)28-27-19-10-3-5-12-21(19)33(29(28)32(37)39,22-13-6-4-11-20(22)27)18-36-24-15-9-14-23(34)30(24)35/h3-18,27-29H,2H2,1H3. The molecular formula is C33H24Cl2N2O3. The van der Waals surface area contributed by atoms with E-state index in [0.29, 0.717) is 33.8 Å². The molecule has 5 nitrogen and oxygen atoms in total. The Kier molecular flexibility index (Phi) is 5.84. The van der Waals surface area contributed by atoms with Crippen LogP contribution >= 0.6 is 23.2 Å². The lowest BCUT2D eigenvalue weighted by Crippen LogP contribution is -2.54. The molecule has 3 aliphatic carbocycles. The molecule has 0 aromatic heterocycles. The van der Waals surface area contributed by atoms with Gasteiger partial charge in [0.2, 0.25) is 11.8 Å². The van der Waals surface area contributed by atoms with E-state index in [9.17, 15) is 9.59 Å². The second-order valence-electron chi connectivity index (χ2n) is 10.3. The fourth-order valence-corrected chi connectivity index (χ4v) is 7.31. The van der Waals surface area contributed by atoms with Crippen molar-refractivity contribution in [1.82, 2.24) is 0 Å². The van der Waals surface area contributed by atoms with Crippen molar-refractivity contribution in [3.63, 3.8) is 0 Å². The van der Waals surface area contributed by atoms with Crippen molar-refractivity contribution in [2.45, 2.75) is 18.3 Å². The second-order valence-corrected chi connectivity index (χ2v) is 11.1. The van der Waals surface area contributed by atoms with E-state index in [1.807, 2.05) is 49.5 Å². The summed E-state index contributed by atoms with van der Waals surface area (Å²) in [6, 6.07) is 28.7. The zero-order valence-electron chi connectivity index (χ0n) is 21.6. The third-order valence-electron chi connectivity index (χ3n) is 8.43. The Labute approximate surface area is 242 Å². The van der Waals surface area contributed by atoms with Gasteiger partial charge in [-0.15, -0.1) is 0 Å². The summed E-state index contributed by atoms with van der Waals surface area (Å²) < 4.78 is 5.85. The number of halogens is 2. The zero-order chi connectivity index (χ0) is 27.6. The van der Waals surface area contributed by atoms with Crippen molar-refractivity contribution in [2.24, 2.45) is 16.8 Å². The molecule has 40 heavy (non-hydrogen) atoms. The van der Waals surface area contributed by atoms with Gasteiger partial charge >= 0.3 is 0 Å². The van der Waals surface area contributed by atoms with Crippen LogP contribution in [-0.2, 0) is 15.0 Å². The molecule has 1 aliphatic heterocycles. The Morgan fingerprint density at radius 1 is 0.850 bits per heavy atom. The zero-order valence-corrected chi connectivity index (χ0v) is 23.1. The van der Waals surface area contributed by atoms with Gasteiger partial charge in [0.1, 0.15) is 5.75 Å². The van der Waals surface area contributed by atoms with Gasteiger partial charge in [-0.05, 0) is 53.4 Å². The van der Waals surface area contributed by atoms with Gasteiger partial charge in [-0.1, -0.05) is 89.9 Å². The quantitative estimate of drug-likeness (QED) is 0.187. The molecule has 4 aromatic carbocycles. The lowest BCUT2D eigenvalue weighted by atomic mass is 9.47. The lowest BCUT2D eigenvalue weighted by molar-refractivity contribution is -0.122. The van der Waals surface area contributed by atoms with E-state index in [1.54, 1.807) is 30.3 Å². The molecule has 8 rings (SSSR count). The third-order valence-corrected chi connectivity index (χ3v) is 9.24. The highest BCUT2D eigenvalue weighted by Gasteiger charge is 2.68. The van der Waals surface area contributed by atoms with Gasteiger partial charge in [-0.3, -0.25) is 14.6 Å². The van der Waals surface area contributed by atoms with Crippen molar-refractivity contribution < 1.29 is 14.3 Å². The second kappa shape index (κ2) is 9.33. The summed E-state index contributed by atoms with van der Waals surface area (Å²) >= 11 is 12.8. The molecule has 4 aromatic rings. The van der Waals surface area contributed by atoms with E-state index in [4.69, 9.17) is 32.9 Å². The van der Waals surface area contributed by atoms with Crippen LogP contribution in [0, 0.1) is 11.8 Å². The summed E-state index contributed by atoms with van der Waals surface area (Å²) in [6.45, 7) is 2.29. The number of hydrogen-bond acceptors (Lipinski definition) is 4. The van der Waals surface area contributed by atoms with Crippen LogP contribution in [0.5, 0.6) is 5.75 Å². The highest BCUT2D eigenvalue weighted by atomic mass is 35.5. The third kappa shape index (κ3) is 3.31. The summed E-state index contributed by atoms with van der Waals surface area (Å²) in [5.74, 6) is -1.56. The Hall–Kier alpha value is -3.93. The molecule has 198 valence electrons. The predicted octanol–water partition coefficient (Wildman–Crippen LogP) is 7.35. The number of imide groups is 1. The van der Waals surface area contributed by atoms with E-state index in [-0.39, 0.29) is 17.7 Å². The smallest absolute Gasteiger partial charge is 0.239 e. The number of rotatable bonds is 5. The molecule has 0 N–H and O–H groups in total. The molecule has 2 amide bonds. The number of anilines is 1. The summed E-state index contributed by atoms with van der Waals surface area (Å²) in [5.41, 5.74) is 3.98. The number of hydrogen-bond donors (Lipinski definition) is 0. The molecule has 0 saturated carbocycles. The minimum atomic E-state index is -1.000. The molecule has 4 aliphatic rings. The summed E-state index contributed by atoms with van der Waals surface area (Å²) in [6.07, 6.45) is 1.82. The van der Waals surface area contributed by atoms with Crippen molar-refractivity contribution in [3.8, 4) is 5.75 Å². The Bertz CT molecular complexity index is 1690. The highest BCUT2D eigenvalue weighted by molar-refractivity contribution is 6.43. The van der Waals surface area contributed by atoms with Gasteiger partial charge in [0.05, 0.1) is 45.3 Å². The predicted molar refractivity (Wildman–Crippen MR) is 157 cm³/mol. The number of amides is 2. The van der Waals surface area contributed by atoms with Gasteiger partial charge in [-0.2, -0.15) is 0 Å². The molecule has 1 fully saturated rings. The van der Waals surface area contributed by atoms with Crippen molar-refractivity contribution in [1.29, 1.82) is 0 Å². The largest absolute Gasteiger partial charge is 0.492 e. The first kappa shape index (κ1) is 25.1. The van der Waals surface area contributed by atoms with Crippen LogP contribution in [0.1, 0.15) is 35.1 Å². The van der Waals surface area contributed by atoms with Crippen LogP contribution in [0.4, 0.5) is 11.4 Å². The maximum Gasteiger partial charge on any atom is 0.239 e. The average Bonchev–Trinajstić information content (AvgIpc) is 3.25. The number of carbonyl (C=O) groups is 2. The molecule has 2 bridgehead atoms. The normalized spacial score (nSPS) is 24.3. The maximum atomic E-state index is 14.6. The first-order valence-electron chi connectivity index (χ1n) is 13.3. The number of carbonyl (C=O) groups excluding carboxylic acids is 2. The minimum absolute atomic E-state index is 0.227. The van der Waals surface area contributed by atoms with Crippen molar-refractivity contribution in [2.75, 3.05) is 11.5 Å². The van der Waals surface area contributed by atoms with Gasteiger partial charge in [-0.25, -0.2) is 4.90 Å². The van der Waals surface area contributed by atoms with E-state index in [1.165, 1.54) is 4.90 Å². The monoisotopic (exact) mass is 566 g/mol. The van der Waals surface area contributed by atoms with Crippen LogP contribution in [-0.4, -0.2) is 24.6 Å². The summed E-state index contributed by atoms with van der Waals surface area (Å²) in [5, 5.41) is 0.728. The van der Waals surface area contributed by atoms with Crippen LogP contribution in [0.15, 0.2) is 96.0 Å². The van der Waals surface area contributed by atoms with E-state index in [0.717, 1.165) is 22.3 Å². The lowest BCUT2D eigenvalue weighted by Gasteiger charge is -2.52. The highest BCUT2D eigenvalue weighted by Crippen LogP contribution is 2.64.